The predicted octanol–water partition coefficient (Wildman–Crippen LogP) is 2.73. The van der Waals surface area contributed by atoms with Crippen LogP contribution in [0.25, 0.3) is 0 Å². The van der Waals surface area contributed by atoms with Crippen molar-refractivity contribution in [2.24, 2.45) is 0 Å². The van der Waals surface area contributed by atoms with Crippen molar-refractivity contribution < 1.29 is 9.47 Å². The molecule has 1 aromatic rings. The summed E-state index contributed by atoms with van der Waals surface area (Å²) in [6, 6.07) is 6.57. The first-order valence-electron chi connectivity index (χ1n) is 6.05. The van der Waals surface area contributed by atoms with E-state index in [1.807, 2.05) is 0 Å². The number of rotatable bonds is 2. The van der Waals surface area contributed by atoms with Crippen LogP contribution in [-0.4, -0.2) is 18.3 Å². The SMILES string of the molecule is CC1(C)CCc2cc(CC3CO3)ccc2O1. The lowest BCUT2D eigenvalue weighted by atomic mass is 9.93. The lowest BCUT2D eigenvalue weighted by Gasteiger charge is -2.32. The average molecular weight is 218 g/mol. The topological polar surface area (TPSA) is 21.8 Å². The van der Waals surface area contributed by atoms with E-state index in [4.69, 9.17) is 9.47 Å². The minimum Gasteiger partial charge on any atom is -0.488 e. The maximum atomic E-state index is 5.96. The highest BCUT2D eigenvalue weighted by atomic mass is 16.6. The molecule has 0 saturated carbocycles. The molecular formula is C14H18O2. The second-order valence-corrected chi connectivity index (χ2v) is 5.46. The second kappa shape index (κ2) is 3.49. The Bertz CT molecular complexity index is 405. The van der Waals surface area contributed by atoms with Crippen LogP contribution < -0.4 is 4.74 Å². The number of aryl methyl sites for hydroxylation is 1. The first kappa shape index (κ1) is 10.2. The Morgan fingerprint density at radius 3 is 2.94 bits per heavy atom. The fraction of sp³-hybridized carbons (Fsp3) is 0.571. The van der Waals surface area contributed by atoms with Gasteiger partial charge in [0.25, 0.3) is 0 Å². The van der Waals surface area contributed by atoms with Gasteiger partial charge in [0, 0.05) is 6.42 Å². The van der Waals surface area contributed by atoms with Crippen molar-refractivity contribution >= 4 is 0 Å². The van der Waals surface area contributed by atoms with E-state index in [1.54, 1.807) is 0 Å². The fourth-order valence-corrected chi connectivity index (χ4v) is 2.29. The average Bonchev–Trinajstić information content (AvgIpc) is 3.01. The van der Waals surface area contributed by atoms with E-state index in [2.05, 4.69) is 32.0 Å². The highest BCUT2D eigenvalue weighted by molar-refractivity contribution is 5.39. The van der Waals surface area contributed by atoms with Gasteiger partial charge in [0.2, 0.25) is 0 Å². The summed E-state index contributed by atoms with van der Waals surface area (Å²) in [6.45, 7) is 5.24. The standard InChI is InChI=1S/C14H18O2/c1-14(2)6-5-11-7-10(8-12-9-15-12)3-4-13(11)16-14/h3-4,7,12H,5-6,8-9H2,1-2H3. The molecule has 0 N–H and O–H groups in total. The van der Waals surface area contributed by atoms with Crippen molar-refractivity contribution in [3.05, 3.63) is 29.3 Å². The van der Waals surface area contributed by atoms with E-state index < -0.39 is 0 Å². The molecule has 2 aliphatic heterocycles. The maximum Gasteiger partial charge on any atom is 0.123 e. The number of fused-ring (bicyclic) bond motifs is 1. The Morgan fingerprint density at radius 2 is 2.19 bits per heavy atom. The second-order valence-electron chi connectivity index (χ2n) is 5.46. The molecule has 2 heterocycles. The maximum absolute atomic E-state index is 5.96. The summed E-state index contributed by atoms with van der Waals surface area (Å²) < 4.78 is 11.2. The molecule has 1 saturated heterocycles. The molecule has 2 aliphatic rings. The van der Waals surface area contributed by atoms with Gasteiger partial charge in [-0.3, -0.25) is 0 Å². The van der Waals surface area contributed by atoms with E-state index in [9.17, 15) is 0 Å². The van der Waals surface area contributed by atoms with Crippen LogP contribution in [0.3, 0.4) is 0 Å². The van der Waals surface area contributed by atoms with Crippen LogP contribution >= 0.6 is 0 Å². The molecule has 0 radical (unpaired) electrons. The first-order valence-corrected chi connectivity index (χ1v) is 6.05. The van der Waals surface area contributed by atoms with Crippen LogP contribution in [0.2, 0.25) is 0 Å². The first-order chi connectivity index (χ1) is 7.62. The molecule has 1 atom stereocenters. The Morgan fingerprint density at radius 1 is 1.38 bits per heavy atom. The highest BCUT2D eigenvalue weighted by Crippen LogP contribution is 2.34. The highest BCUT2D eigenvalue weighted by Gasteiger charge is 2.27. The molecule has 0 bridgehead atoms. The number of hydrogen-bond donors (Lipinski definition) is 0. The smallest absolute Gasteiger partial charge is 0.123 e. The molecule has 0 aromatic heterocycles. The Hall–Kier alpha value is -1.02. The quantitative estimate of drug-likeness (QED) is 0.712. The Kier molecular flexibility index (Phi) is 2.21. The van der Waals surface area contributed by atoms with Crippen LogP contribution in [0.4, 0.5) is 0 Å². The summed E-state index contributed by atoms with van der Waals surface area (Å²) in [6.07, 6.45) is 3.75. The Balaban J connectivity index is 1.82. The van der Waals surface area contributed by atoms with Gasteiger partial charge in [-0.1, -0.05) is 12.1 Å². The van der Waals surface area contributed by atoms with Crippen molar-refractivity contribution in [3.63, 3.8) is 0 Å². The van der Waals surface area contributed by atoms with E-state index in [0.29, 0.717) is 6.10 Å². The van der Waals surface area contributed by atoms with E-state index >= 15 is 0 Å². The molecule has 86 valence electrons. The van der Waals surface area contributed by atoms with Crippen LogP contribution in [0.5, 0.6) is 5.75 Å². The van der Waals surface area contributed by atoms with Gasteiger partial charge in [-0.2, -0.15) is 0 Å². The van der Waals surface area contributed by atoms with Gasteiger partial charge >= 0.3 is 0 Å². The van der Waals surface area contributed by atoms with Crippen molar-refractivity contribution in [1.82, 2.24) is 0 Å². The lowest BCUT2D eigenvalue weighted by Crippen LogP contribution is -2.32. The van der Waals surface area contributed by atoms with Crippen molar-refractivity contribution in [1.29, 1.82) is 0 Å². The number of benzene rings is 1. The zero-order valence-electron chi connectivity index (χ0n) is 9.95. The molecule has 1 aromatic carbocycles. The van der Waals surface area contributed by atoms with E-state index in [-0.39, 0.29) is 5.60 Å². The fourth-order valence-electron chi connectivity index (χ4n) is 2.29. The molecule has 0 aliphatic carbocycles. The van der Waals surface area contributed by atoms with Gasteiger partial charge < -0.3 is 9.47 Å². The lowest BCUT2D eigenvalue weighted by molar-refractivity contribution is 0.0846. The van der Waals surface area contributed by atoms with Gasteiger partial charge in [0.1, 0.15) is 11.4 Å². The molecule has 0 spiro atoms. The molecule has 3 rings (SSSR count). The number of epoxide rings is 1. The normalized spacial score (nSPS) is 25.8. The minimum absolute atomic E-state index is 0.00583. The molecular weight excluding hydrogens is 200 g/mol. The summed E-state index contributed by atoms with van der Waals surface area (Å²) in [5.74, 6) is 1.07. The third kappa shape index (κ3) is 2.07. The molecule has 2 heteroatoms. The monoisotopic (exact) mass is 218 g/mol. The largest absolute Gasteiger partial charge is 0.488 e. The van der Waals surface area contributed by atoms with Gasteiger partial charge in [0.05, 0.1) is 12.7 Å². The summed E-state index contributed by atoms with van der Waals surface area (Å²) in [4.78, 5) is 0. The van der Waals surface area contributed by atoms with E-state index in [0.717, 1.165) is 31.6 Å². The number of hydrogen-bond acceptors (Lipinski definition) is 2. The molecule has 2 nitrogen and oxygen atoms in total. The zero-order chi connectivity index (χ0) is 11.2. The molecule has 0 amide bonds. The van der Waals surface area contributed by atoms with Crippen LogP contribution in [-0.2, 0) is 17.6 Å². The minimum atomic E-state index is -0.00583. The van der Waals surface area contributed by atoms with Gasteiger partial charge in [-0.05, 0) is 43.9 Å². The third-order valence-corrected chi connectivity index (χ3v) is 3.37. The number of ether oxygens (including phenoxy) is 2. The summed E-state index contributed by atoms with van der Waals surface area (Å²) in [7, 11) is 0. The van der Waals surface area contributed by atoms with Gasteiger partial charge in [-0.15, -0.1) is 0 Å². The summed E-state index contributed by atoms with van der Waals surface area (Å²) in [5.41, 5.74) is 2.73. The predicted molar refractivity (Wildman–Crippen MR) is 62.9 cm³/mol. The summed E-state index contributed by atoms with van der Waals surface area (Å²) >= 11 is 0. The molecule has 1 fully saturated rings. The van der Waals surface area contributed by atoms with Crippen molar-refractivity contribution in [2.75, 3.05) is 6.61 Å². The van der Waals surface area contributed by atoms with Crippen LogP contribution in [0.15, 0.2) is 18.2 Å². The molecule has 1 unspecified atom stereocenters. The van der Waals surface area contributed by atoms with Gasteiger partial charge in [0.15, 0.2) is 0 Å². The van der Waals surface area contributed by atoms with Crippen LogP contribution in [0, 0.1) is 0 Å². The molecule has 16 heavy (non-hydrogen) atoms. The van der Waals surface area contributed by atoms with Crippen LogP contribution in [0.1, 0.15) is 31.4 Å². The van der Waals surface area contributed by atoms with Crippen molar-refractivity contribution in [2.45, 2.75) is 44.8 Å². The zero-order valence-corrected chi connectivity index (χ0v) is 9.95. The van der Waals surface area contributed by atoms with E-state index in [1.165, 1.54) is 11.1 Å². The summed E-state index contributed by atoms with van der Waals surface area (Å²) in [5, 5.41) is 0. The third-order valence-electron chi connectivity index (χ3n) is 3.37. The Labute approximate surface area is 96.6 Å². The van der Waals surface area contributed by atoms with Gasteiger partial charge in [-0.25, -0.2) is 0 Å². The van der Waals surface area contributed by atoms with Crippen molar-refractivity contribution in [3.8, 4) is 5.75 Å².